The van der Waals surface area contributed by atoms with Gasteiger partial charge in [-0.1, -0.05) is 6.07 Å². The van der Waals surface area contributed by atoms with Gasteiger partial charge >= 0.3 is 0 Å². The standard InChI is InChI=1S/C19H23FN4O2/c1-13-11-22-24(19(13)25)12-14(2)18(21)23-8-6-16(7-9-23)26-17-5-3-4-15(20)10-17/h3-5,10-12,16,21-22H,6-9H2,1-2H3/b14-12-,21-18?. The van der Waals surface area contributed by atoms with Gasteiger partial charge in [-0.15, -0.1) is 0 Å². The minimum atomic E-state index is -0.308. The van der Waals surface area contributed by atoms with Gasteiger partial charge in [0.2, 0.25) is 0 Å². The van der Waals surface area contributed by atoms with E-state index < -0.39 is 0 Å². The van der Waals surface area contributed by atoms with Crippen molar-refractivity contribution in [3.05, 3.63) is 57.8 Å². The fourth-order valence-electron chi connectivity index (χ4n) is 3.01. The van der Waals surface area contributed by atoms with E-state index in [1.807, 2.05) is 11.8 Å². The van der Waals surface area contributed by atoms with Gasteiger partial charge in [0.15, 0.2) is 0 Å². The number of halogens is 1. The van der Waals surface area contributed by atoms with Gasteiger partial charge in [0.25, 0.3) is 5.56 Å². The largest absolute Gasteiger partial charge is 0.490 e. The molecule has 0 saturated carbocycles. The molecular weight excluding hydrogens is 335 g/mol. The summed E-state index contributed by atoms with van der Waals surface area (Å²) in [6.07, 6.45) is 4.82. The number of aromatic nitrogens is 2. The van der Waals surface area contributed by atoms with E-state index in [0.29, 0.717) is 35.8 Å². The summed E-state index contributed by atoms with van der Waals surface area (Å²) in [5.74, 6) is 0.627. The number of amidine groups is 1. The summed E-state index contributed by atoms with van der Waals surface area (Å²) in [4.78, 5) is 13.9. The smallest absolute Gasteiger partial charge is 0.273 e. The molecule has 1 aliphatic heterocycles. The number of likely N-dealkylation sites (tertiary alicyclic amines) is 1. The van der Waals surface area contributed by atoms with Crippen LogP contribution in [-0.4, -0.2) is 39.7 Å². The number of nitrogens with zero attached hydrogens (tertiary/aromatic N) is 2. The van der Waals surface area contributed by atoms with Crippen LogP contribution in [0.4, 0.5) is 4.39 Å². The van der Waals surface area contributed by atoms with Crippen LogP contribution in [0.2, 0.25) is 0 Å². The summed E-state index contributed by atoms with van der Waals surface area (Å²) in [6.45, 7) is 4.93. The first-order valence-electron chi connectivity index (χ1n) is 8.65. The van der Waals surface area contributed by atoms with Crippen LogP contribution in [0.5, 0.6) is 5.75 Å². The highest BCUT2D eigenvalue weighted by atomic mass is 19.1. The molecule has 1 saturated heterocycles. The van der Waals surface area contributed by atoms with E-state index in [1.165, 1.54) is 16.8 Å². The van der Waals surface area contributed by atoms with Crippen molar-refractivity contribution < 1.29 is 9.13 Å². The average Bonchev–Trinajstić information content (AvgIpc) is 2.94. The number of nitrogens with one attached hydrogen (secondary N) is 2. The molecule has 0 spiro atoms. The quantitative estimate of drug-likeness (QED) is 0.652. The van der Waals surface area contributed by atoms with E-state index >= 15 is 0 Å². The molecule has 0 unspecified atom stereocenters. The van der Waals surface area contributed by atoms with Crippen molar-refractivity contribution in [3.63, 3.8) is 0 Å². The van der Waals surface area contributed by atoms with Crippen LogP contribution in [0.3, 0.4) is 0 Å². The molecule has 6 nitrogen and oxygen atoms in total. The van der Waals surface area contributed by atoms with Gasteiger partial charge in [0.05, 0.1) is 0 Å². The van der Waals surface area contributed by atoms with Gasteiger partial charge in [-0.25, -0.2) is 9.07 Å². The molecule has 0 bridgehead atoms. The van der Waals surface area contributed by atoms with E-state index in [9.17, 15) is 9.18 Å². The molecule has 0 amide bonds. The SMILES string of the molecule is C/C(=C/n1[nH]cc(C)c1=O)C(=N)N1CCC(Oc2cccc(F)c2)CC1. The average molecular weight is 358 g/mol. The fraction of sp³-hybridized carbons (Fsp3) is 0.368. The monoisotopic (exact) mass is 358 g/mol. The molecule has 1 fully saturated rings. The Labute approximate surface area is 151 Å². The number of hydrogen-bond acceptors (Lipinski definition) is 3. The van der Waals surface area contributed by atoms with E-state index in [-0.39, 0.29) is 17.5 Å². The van der Waals surface area contributed by atoms with Gasteiger partial charge in [0.1, 0.15) is 23.5 Å². The Morgan fingerprint density at radius 1 is 1.38 bits per heavy atom. The summed E-state index contributed by atoms with van der Waals surface area (Å²) in [5, 5.41) is 11.2. The maximum absolute atomic E-state index is 13.2. The Bertz CT molecular complexity index is 876. The molecule has 2 aromatic rings. The van der Waals surface area contributed by atoms with Gasteiger partial charge in [-0.2, -0.15) is 0 Å². The first-order chi connectivity index (χ1) is 12.4. The lowest BCUT2D eigenvalue weighted by Gasteiger charge is -2.34. The van der Waals surface area contributed by atoms with Crippen molar-refractivity contribution in [1.82, 2.24) is 14.7 Å². The second-order valence-corrected chi connectivity index (χ2v) is 6.55. The lowest BCUT2D eigenvalue weighted by Crippen LogP contribution is -2.42. The maximum atomic E-state index is 13.2. The van der Waals surface area contributed by atoms with Crippen LogP contribution in [0, 0.1) is 18.2 Å². The van der Waals surface area contributed by atoms with Crippen molar-refractivity contribution in [2.24, 2.45) is 0 Å². The van der Waals surface area contributed by atoms with E-state index in [4.69, 9.17) is 10.1 Å². The molecule has 2 heterocycles. The maximum Gasteiger partial charge on any atom is 0.273 e. The molecule has 7 heteroatoms. The third-order valence-corrected chi connectivity index (χ3v) is 4.53. The fourth-order valence-corrected chi connectivity index (χ4v) is 3.01. The zero-order chi connectivity index (χ0) is 18.7. The predicted octanol–water partition coefficient (Wildman–Crippen LogP) is 3.01. The minimum Gasteiger partial charge on any atom is -0.490 e. The number of piperidine rings is 1. The highest BCUT2D eigenvalue weighted by Gasteiger charge is 2.23. The Hall–Kier alpha value is -2.83. The van der Waals surface area contributed by atoms with Gasteiger partial charge < -0.3 is 9.64 Å². The number of aromatic amines is 1. The molecular formula is C19H23FN4O2. The van der Waals surface area contributed by atoms with Crippen molar-refractivity contribution in [1.29, 1.82) is 5.41 Å². The van der Waals surface area contributed by atoms with Crippen LogP contribution >= 0.6 is 0 Å². The Balaban J connectivity index is 1.58. The lowest BCUT2D eigenvalue weighted by molar-refractivity contribution is 0.130. The molecule has 0 atom stereocenters. The zero-order valence-electron chi connectivity index (χ0n) is 15.0. The number of benzene rings is 1. The van der Waals surface area contributed by atoms with Crippen LogP contribution in [-0.2, 0) is 0 Å². The zero-order valence-corrected chi connectivity index (χ0v) is 15.0. The molecule has 1 aromatic heterocycles. The number of aryl methyl sites for hydroxylation is 1. The normalized spacial score (nSPS) is 16.0. The number of ether oxygens (including phenoxy) is 1. The second kappa shape index (κ2) is 7.59. The van der Waals surface area contributed by atoms with Crippen LogP contribution < -0.4 is 10.3 Å². The highest BCUT2D eigenvalue weighted by Crippen LogP contribution is 2.20. The molecule has 2 N–H and O–H groups in total. The van der Waals surface area contributed by atoms with Crippen LogP contribution in [0.1, 0.15) is 25.3 Å². The lowest BCUT2D eigenvalue weighted by atomic mass is 10.1. The summed E-state index contributed by atoms with van der Waals surface area (Å²) in [7, 11) is 0. The summed E-state index contributed by atoms with van der Waals surface area (Å²) < 4.78 is 20.5. The van der Waals surface area contributed by atoms with Crippen molar-refractivity contribution in [2.75, 3.05) is 13.1 Å². The molecule has 138 valence electrons. The number of hydrogen-bond donors (Lipinski definition) is 2. The van der Waals surface area contributed by atoms with Crippen molar-refractivity contribution >= 4 is 12.0 Å². The Kier molecular flexibility index (Phi) is 5.25. The van der Waals surface area contributed by atoms with Crippen molar-refractivity contribution in [3.8, 4) is 5.75 Å². The summed E-state index contributed by atoms with van der Waals surface area (Å²) in [6, 6.07) is 6.16. The summed E-state index contributed by atoms with van der Waals surface area (Å²) in [5.41, 5.74) is 1.23. The van der Waals surface area contributed by atoms with Crippen molar-refractivity contribution in [2.45, 2.75) is 32.8 Å². The molecule has 1 aliphatic rings. The van der Waals surface area contributed by atoms with E-state index in [1.54, 1.807) is 31.5 Å². The molecule has 1 aromatic carbocycles. The second-order valence-electron chi connectivity index (χ2n) is 6.55. The first kappa shape index (κ1) is 18.0. The minimum absolute atomic E-state index is 0.0128. The van der Waals surface area contributed by atoms with Crippen LogP contribution in [0.25, 0.3) is 6.20 Å². The van der Waals surface area contributed by atoms with Gasteiger partial charge in [0, 0.05) is 55.5 Å². The summed E-state index contributed by atoms with van der Waals surface area (Å²) >= 11 is 0. The van der Waals surface area contributed by atoms with Gasteiger partial charge in [-0.05, 0) is 26.0 Å². The number of H-pyrrole nitrogens is 1. The van der Waals surface area contributed by atoms with Gasteiger partial charge in [-0.3, -0.25) is 15.3 Å². The molecule has 26 heavy (non-hydrogen) atoms. The van der Waals surface area contributed by atoms with E-state index in [0.717, 1.165) is 12.8 Å². The topological polar surface area (TPSA) is 74.1 Å². The molecule has 0 aliphatic carbocycles. The molecule has 0 radical (unpaired) electrons. The predicted molar refractivity (Wildman–Crippen MR) is 99.1 cm³/mol. The van der Waals surface area contributed by atoms with Crippen LogP contribution in [0.15, 0.2) is 40.8 Å². The highest BCUT2D eigenvalue weighted by molar-refractivity contribution is 5.97. The number of rotatable bonds is 4. The van der Waals surface area contributed by atoms with E-state index in [2.05, 4.69) is 5.10 Å². The Morgan fingerprint density at radius 3 is 2.73 bits per heavy atom. The molecule has 3 rings (SSSR count). The third-order valence-electron chi connectivity index (χ3n) is 4.53. The third kappa shape index (κ3) is 4.04. The first-order valence-corrected chi connectivity index (χ1v) is 8.65. The Morgan fingerprint density at radius 2 is 2.12 bits per heavy atom.